The number of hydrogen-bond acceptors (Lipinski definition) is 2. The Morgan fingerprint density at radius 3 is 2.53 bits per heavy atom. The van der Waals surface area contributed by atoms with Crippen molar-refractivity contribution in [1.82, 2.24) is 5.32 Å². The molecule has 0 aromatic rings. The van der Waals surface area contributed by atoms with Gasteiger partial charge in [-0.2, -0.15) is 0 Å². The highest BCUT2D eigenvalue weighted by molar-refractivity contribution is 5.22. The quantitative estimate of drug-likeness (QED) is 0.732. The maximum Gasteiger partial charge on any atom is 0.0570 e. The van der Waals surface area contributed by atoms with Crippen LogP contribution in [0.1, 0.15) is 57.8 Å². The van der Waals surface area contributed by atoms with Crippen molar-refractivity contribution >= 4 is 0 Å². The first-order valence-corrected chi connectivity index (χ1v) is 7.67. The molecule has 0 aromatic carbocycles. The Hall–Kier alpha value is -0.0800. The average Bonchev–Trinajstić information content (AvgIpc) is 3.18. The third-order valence-electron chi connectivity index (χ3n) is 6.28. The van der Waals surface area contributed by atoms with Crippen LogP contribution in [-0.2, 0) is 0 Å². The van der Waals surface area contributed by atoms with Crippen molar-refractivity contribution < 1.29 is 5.11 Å². The maximum absolute atomic E-state index is 9.87. The van der Waals surface area contributed by atoms with E-state index in [9.17, 15) is 5.11 Å². The van der Waals surface area contributed by atoms with E-state index in [-0.39, 0.29) is 6.10 Å². The zero-order valence-electron chi connectivity index (χ0n) is 10.8. The molecule has 0 aromatic heterocycles. The average molecular weight is 235 g/mol. The molecular weight excluding hydrogens is 210 g/mol. The zero-order valence-corrected chi connectivity index (χ0v) is 10.8. The summed E-state index contributed by atoms with van der Waals surface area (Å²) in [7, 11) is 0. The second-order valence-corrected chi connectivity index (χ2v) is 7.27. The van der Waals surface area contributed by atoms with Gasteiger partial charge in [0, 0.05) is 5.54 Å². The van der Waals surface area contributed by atoms with Gasteiger partial charge in [-0.05, 0) is 62.3 Å². The summed E-state index contributed by atoms with van der Waals surface area (Å²) in [5.74, 6) is 1.93. The van der Waals surface area contributed by atoms with E-state index in [1.807, 2.05) is 0 Å². The molecule has 4 rings (SSSR count). The Morgan fingerprint density at radius 2 is 1.76 bits per heavy atom. The second-order valence-electron chi connectivity index (χ2n) is 7.27. The summed E-state index contributed by atoms with van der Waals surface area (Å²) in [6.45, 7) is 1.04. The third-order valence-corrected chi connectivity index (χ3v) is 6.28. The molecule has 2 nitrogen and oxygen atoms in total. The molecule has 3 aliphatic carbocycles. The molecule has 96 valence electrons. The summed E-state index contributed by atoms with van der Waals surface area (Å²) in [5.41, 5.74) is 1.15. The molecule has 3 saturated carbocycles. The van der Waals surface area contributed by atoms with Gasteiger partial charge < -0.3 is 10.4 Å². The van der Waals surface area contributed by atoms with Crippen molar-refractivity contribution in [2.45, 2.75) is 69.4 Å². The minimum absolute atomic E-state index is 0.0256. The van der Waals surface area contributed by atoms with Crippen LogP contribution in [0, 0.1) is 17.3 Å². The Morgan fingerprint density at radius 1 is 0.941 bits per heavy atom. The summed E-state index contributed by atoms with van der Waals surface area (Å²) in [6, 6.07) is 0. The molecule has 0 radical (unpaired) electrons. The summed E-state index contributed by atoms with van der Waals surface area (Å²) >= 11 is 0. The number of rotatable bonds is 1. The molecule has 2 heteroatoms. The topological polar surface area (TPSA) is 32.3 Å². The van der Waals surface area contributed by atoms with Crippen LogP contribution in [0.25, 0.3) is 0 Å². The van der Waals surface area contributed by atoms with Crippen LogP contribution in [0.15, 0.2) is 0 Å². The van der Waals surface area contributed by atoms with Crippen LogP contribution in [0.5, 0.6) is 0 Å². The fourth-order valence-corrected chi connectivity index (χ4v) is 5.16. The summed E-state index contributed by atoms with van der Waals surface area (Å²) in [5, 5.41) is 13.6. The minimum Gasteiger partial charge on any atom is -0.393 e. The first-order chi connectivity index (χ1) is 8.24. The molecule has 1 saturated heterocycles. The predicted octanol–water partition coefficient (Wildman–Crippen LogP) is 2.46. The lowest BCUT2D eigenvalue weighted by Crippen LogP contribution is -2.44. The number of aliphatic hydroxyl groups is 1. The molecule has 1 heterocycles. The van der Waals surface area contributed by atoms with Gasteiger partial charge in [0.2, 0.25) is 0 Å². The summed E-state index contributed by atoms with van der Waals surface area (Å²) in [4.78, 5) is 0. The molecule has 1 aliphatic heterocycles. The van der Waals surface area contributed by atoms with Gasteiger partial charge in [0.05, 0.1) is 6.10 Å². The van der Waals surface area contributed by atoms with Gasteiger partial charge in [-0.3, -0.25) is 0 Å². The Balaban J connectivity index is 1.42. The second kappa shape index (κ2) is 3.48. The molecule has 4 aliphatic rings. The highest BCUT2D eigenvalue weighted by Crippen LogP contribution is 2.72. The van der Waals surface area contributed by atoms with Gasteiger partial charge in [-0.1, -0.05) is 19.3 Å². The number of piperidine rings is 1. The molecular formula is C15H25NO. The van der Waals surface area contributed by atoms with Crippen LogP contribution in [0.2, 0.25) is 0 Å². The van der Waals surface area contributed by atoms with Gasteiger partial charge in [-0.15, -0.1) is 0 Å². The largest absolute Gasteiger partial charge is 0.393 e. The molecule has 4 fully saturated rings. The highest BCUT2D eigenvalue weighted by atomic mass is 16.3. The molecule has 4 unspecified atom stereocenters. The molecule has 4 atom stereocenters. The lowest BCUT2D eigenvalue weighted by Gasteiger charge is -2.30. The summed E-state index contributed by atoms with van der Waals surface area (Å²) < 4.78 is 0. The fourth-order valence-electron chi connectivity index (χ4n) is 5.16. The Labute approximate surface area is 104 Å². The predicted molar refractivity (Wildman–Crippen MR) is 67.7 cm³/mol. The normalized spacial score (nSPS) is 51.7. The van der Waals surface area contributed by atoms with Gasteiger partial charge in [0.15, 0.2) is 0 Å². The lowest BCUT2D eigenvalue weighted by atomic mass is 9.82. The van der Waals surface area contributed by atoms with E-state index in [2.05, 4.69) is 5.32 Å². The van der Waals surface area contributed by atoms with E-state index >= 15 is 0 Å². The number of hydrogen-bond donors (Lipinski definition) is 2. The molecule has 2 spiro atoms. The van der Waals surface area contributed by atoms with Gasteiger partial charge in [0.25, 0.3) is 0 Å². The van der Waals surface area contributed by atoms with Crippen molar-refractivity contribution in [3.63, 3.8) is 0 Å². The van der Waals surface area contributed by atoms with Crippen LogP contribution in [-0.4, -0.2) is 23.3 Å². The molecule has 2 N–H and O–H groups in total. The van der Waals surface area contributed by atoms with Crippen LogP contribution in [0.3, 0.4) is 0 Å². The Bertz CT molecular complexity index is 323. The van der Waals surface area contributed by atoms with E-state index in [0.29, 0.717) is 5.54 Å². The van der Waals surface area contributed by atoms with E-state index < -0.39 is 0 Å². The Kier molecular flexibility index (Phi) is 2.21. The minimum atomic E-state index is -0.0256. The molecule has 0 amide bonds. The van der Waals surface area contributed by atoms with E-state index in [1.165, 1.54) is 44.9 Å². The van der Waals surface area contributed by atoms with Gasteiger partial charge in [-0.25, -0.2) is 0 Å². The first kappa shape index (κ1) is 10.8. The number of aliphatic hydroxyl groups excluding tert-OH is 1. The van der Waals surface area contributed by atoms with Crippen molar-refractivity contribution in [3.05, 3.63) is 0 Å². The maximum atomic E-state index is 9.87. The molecule has 0 bridgehead atoms. The SMILES string of the molecule is OC1CCNC2(C1)CC2C1CC12CCCCC2. The zero-order chi connectivity index (χ0) is 11.5. The monoisotopic (exact) mass is 235 g/mol. The standard InChI is InChI=1S/C15H25NO/c17-11-4-7-16-15(8-11)10-13(15)12-9-14(12)5-2-1-3-6-14/h11-13,16-17H,1-10H2. The third kappa shape index (κ3) is 1.60. The van der Waals surface area contributed by atoms with Crippen molar-refractivity contribution in [3.8, 4) is 0 Å². The van der Waals surface area contributed by atoms with E-state index in [0.717, 1.165) is 36.6 Å². The highest BCUT2D eigenvalue weighted by Gasteiger charge is 2.68. The van der Waals surface area contributed by atoms with E-state index in [4.69, 9.17) is 0 Å². The van der Waals surface area contributed by atoms with Crippen molar-refractivity contribution in [2.75, 3.05) is 6.54 Å². The smallest absolute Gasteiger partial charge is 0.0570 e. The summed E-state index contributed by atoms with van der Waals surface area (Å²) in [6.07, 6.45) is 12.3. The van der Waals surface area contributed by atoms with Crippen LogP contribution in [0.4, 0.5) is 0 Å². The van der Waals surface area contributed by atoms with E-state index in [1.54, 1.807) is 0 Å². The molecule has 17 heavy (non-hydrogen) atoms. The van der Waals surface area contributed by atoms with Crippen molar-refractivity contribution in [2.24, 2.45) is 17.3 Å². The fraction of sp³-hybridized carbons (Fsp3) is 1.00. The lowest BCUT2D eigenvalue weighted by molar-refractivity contribution is 0.103. The van der Waals surface area contributed by atoms with Crippen LogP contribution < -0.4 is 5.32 Å². The number of nitrogens with one attached hydrogen (secondary N) is 1. The van der Waals surface area contributed by atoms with Crippen LogP contribution >= 0.6 is 0 Å². The van der Waals surface area contributed by atoms with Gasteiger partial charge >= 0.3 is 0 Å². The first-order valence-electron chi connectivity index (χ1n) is 7.67. The van der Waals surface area contributed by atoms with Crippen molar-refractivity contribution in [1.29, 1.82) is 0 Å². The van der Waals surface area contributed by atoms with Gasteiger partial charge in [0.1, 0.15) is 0 Å².